The van der Waals surface area contributed by atoms with Crippen molar-refractivity contribution in [2.24, 2.45) is 0 Å². The van der Waals surface area contributed by atoms with Gasteiger partial charge in [0.15, 0.2) is 0 Å². The molecule has 0 saturated carbocycles. The molecule has 1 rings (SSSR count). The summed E-state index contributed by atoms with van der Waals surface area (Å²) < 4.78 is 28.4. The second kappa shape index (κ2) is 4.72. The van der Waals surface area contributed by atoms with Gasteiger partial charge in [-0.25, -0.2) is 13.6 Å². The van der Waals surface area contributed by atoms with Gasteiger partial charge in [0.2, 0.25) is 0 Å². The van der Waals surface area contributed by atoms with Crippen molar-refractivity contribution in [3.05, 3.63) is 29.3 Å². The van der Waals surface area contributed by atoms with Crippen LogP contribution in [-0.2, 0) is 0 Å². The molecule has 0 atom stereocenters. The molecular weight excluding hydrogens is 206 g/mol. The molecule has 0 aliphatic heterocycles. The molecule has 3 nitrogen and oxygen atoms in total. The van der Waals surface area contributed by atoms with Gasteiger partial charge in [0.05, 0.1) is 5.56 Å². The number of benzene rings is 1. The predicted octanol–water partition coefficient (Wildman–Crippen LogP) is 2.34. The number of carbonyl (C=O) groups is 1. The molecule has 0 saturated heterocycles. The molecule has 0 aliphatic rings. The summed E-state index contributed by atoms with van der Waals surface area (Å²) in [6.07, 6.45) is -2.54. The maximum absolute atomic E-state index is 11.8. The van der Waals surface area contributed by atoms with E-state index >= 15 is 0 Å². The molecular formula is C10H10F2O3. The number of hydrogen-bond acceptors (Lipinski definition) is 2. The van der Waals surface area contributed by atoms with E-state index in [1.807, 2.05) is 0 Å². The van der Waals surface area contributed by atoms with Crippen molar-refractivity contribution in [2.45, 2.75) is 13.3 Å². The van der Waals surface area contributed by atoms with Gasteiger partial charge in [-0.05, 0) is 30.7 Å². The first kappa shape index (κ1) is 11.4. The number of alkyl halides is 2. The smallest absolute Gasteiger partial charge is 0.335 e. The number of aryl methyl sites for hydroxylation is 1. The summed E-state index contributed by atoms with van der Waals surface area (Å²) in [5.41, 5.74) is 0.619. The van der Waals surface area contributed by atoms with E-state index in [9.17, 15) is 13.6 Å². The molecule has 0 unspecified atom stereocenters. The number of carboxylic acid groups (broad SMARTS) is 1. The van der Waals surface area contributed by atoms with E-state index in [0.717, 1.165) is 0 Å². The third-order valence-electron chi connectivity index (χ3n) is 1.80. The van der Waals surface area contributed by atoms with Crippen molar-refractivity contribution in [3.8, 4) is 5.75 Å². The highest BCUT2D eigenvalue weighted by Crippen LogP contribution is 2.17. The van der Waals surface area contributed by atoms with Crippen LogP contribution < -0.4 is 4.74 Å². The minimum atomic E-state index is -2.54. The Hall–Kier alpha value is -1.65. The molecule has 0 amide bonds. The van der Waals surface area contributed by atoms with Gasteiger partial charge in [-0.3, -0.25) is 0 Å². The molecule has 0 radical (unpaired) electrons. The van der Waals surface area contributed by atoms with Gasteiger partial charge in [0.25, 0.3) is 6.43 Å². The number of ether oxygens (including phenoxy) is 1. The van der Waals surface area contributed by atoms with Crippen LogP contribution in [-0.4, -0.2) is 24.1 Å². The van der Waals surface area contributed by atoms with Gasteiger partial charge in [-0.2, -0.15) is 0 Å². The Morgan fingerprint density at radius 1 is 1.53 bits per heavy atom. The Morgan fingerprint density at radius 2 is 2.20 bits per heavy atom. The van der Waals surface area contributed by atoms with Crippen LogP contribution in [0.2, 0.25) is 0 Å². The zero-order chi connectivity index (χ0) is 11.4. The monoisotopic (exact) mass is 216 g/mol. The molecule has 82 valence electrons. The molecule has 5 heteroatoms. The van der Waals surface area contributed by atoms with Crippen molar-refractivity contribution < 1.29 is 23.4 Å². The average Bonchev–Trinajstić information content (AvgIpc) is 2.14. The molecule has 0 fully saturated rings. The first-order chi connectivity index (χ1) is 7.00. The normalized spacial score (nSPS) is 10.4. The number of rotatable bonds is 4. The Kier molecular flexibility index (Phi) is 3.60. The van der Waals surface area contributed by atoms with Gasteiger partial charge in [-0.1, -0.05) is 0 Å². The topological polar surface area (TPSA) is 46.5 Å². The minimum absolute atomic E-state index is 0.138. The molecule has 1 N–H and O–H groups in total. The standard InChI is InChI=1S/C10H10F2O3/c1-6-4-7(15-5-9(11)12)2-3-8(6)10(13)14/h2-4,9H,5H2,1H3,(H,13,14). The summed E-state index contributed by atoms with van der Waals surface area (Å²) in [5, 5.41) is 8.71. The first-order valence-corrected chi connectivity index (χ1v) is 4.25. The van der Waals surface area contributed by atoms with Crippen LogP contribution in [0, 0.1) is 6.92 Å². The lowest BCUT2D eigenvalue weighted by atomic mass is 10.1. The molecule has 15 heavy (non-hydrogen) atoms. The predicted molar refractivity (Wildman–Crippen MR) is 49.6 cm³/mol. The van der Waals surface area contributed by atoms with Crippen LogP contribution in [0.15, 0.2) is 18.2 Å². The highest BCUT2D eigenvalue weighted by Gasteiger charge is 2.09. The van der Waals surface area contributed by atoms with E-state index in [-0.39, 0.29) is 11.3 Å². The molecule has 0 bridgehead atoms. The molecule has 0 aliphatic carbocycles. The summed E-state index contributed by atoms with van der Waals surface area (Å²) in [6, 6.07) is 4.11. The maximum Gasteiger partial charge on any atom is 0.335 e. The maximum atomic E-state index is 11.8. The second-order valence-corrected chi connectivity index (χ2v) is 2.98. The summed E-state index contributed by atoms with van der Waals surface area (Å²) in [4.78, 5) is 10.6. The van der Waals surface area contributed by atoms with E-state index in [1.165, 1.54) is 18.2 Å². The van der Waals surface area contributed by atoms with Crippen LogP contribution in [0.4, 0.5) is 8.78 Å². The lowest BCUT2D eigenvalue weighted by Gasteiger charge is -2.07. The fourth-order valence-electron chi connectivity index (χ4n) is 1.13. The van der Waals surface area contributed by atoms with Gasteiger partial charge < -0.3 is 9.84 Å². The Labute approximate surface area is 85.3 Å². The van der Waals surface area contributed by atoms with E-state index in [4.69, 9.17) is 9.84 Å². The number of hydrogen-bond donors (Lipinski definition) is 1. The van der Waals surface area contributed by atoms with Crippen molar-refractivity contribution >= 4 is 5.97 Å². The third-order valence-corrected chi connectivity index (χ3v) is 1.80. The van der Waals surface area contributed by atoms with Crippen LogP contribution in [0.5, 0.6) is 5.75 Å². The quantitative estimate of drug-likeness (QED) is 0.840. The second-order valence-electron chi connectivity index (χ2n) is 2.98. The van der Waals surface area contributed by atoms with Crippen LogP contribution in [0.25, 0.3) is 0 Å². The number of halogens is 2. The number of aromatic carboxylic acids is 1. The van der Waals surface area contributed by atoms with E-state index in [1.54, 1.807) is 6.92 Å². The lowest BCUT2D eigenvalue weighted by molar-refractivity contribution is 0.0694. The Balaban J connectivity index is 2.78. The molecule has 1 aromatic carbocycles. The summed E-state index contributed by atoms with van der Waals surface area (Å²) in [6.45, 7) is 0.893. The minimum Gasteiger partial charge on any atom is -0.488 e. The van der Waals surface area contributed by atoms with Crippen LogP contribution in [0.3, 0.4) is 0 Å². The van der Waals surface area contributed by atoms with Crippen molar-refractivity contribution in [3.63, 3.8) is 0 Å². The Morgan fingerprint density at radius 3 is 2.67 bits per heavy atom. The summed E-state index contributed by atoms with van der Waals surface area (Å²) in [7, 11) is 0. The average molecular weight is 216 g/mol. The van der Waals surface area contributed by atoms with Crippen LogP contribution in [0.1, 0.15) is 15.9 Å². The van der Waals surface area contributed by atoms with Gasteiger partial charge in [0.1, 0.15) is 12.4 Å². The zero-order valence-electron chi connectivity index (χ0n) is 8.04. The van der Waals surface area contributed by atoms with E-state index in [0.29, 0.717) is 5.56 Å². The lowest BCUT2D eigenvalue weighted by Crippen LogP contribution is -2.07. The highest BCUT2D eigenvalue weighted by atomic mass is 19.3. The molecule has 1 aromatic rings. The van der Waals surface area contributed by atoms with Crippen molar-refractivity contribution in [1.82, 2.24) is 0 Å². The third kappa shape index (κ3) is 3.19. The summed E-state index contributed by atoms with van der Waals surface area (Å²) >= 11 is 0. The molecule has 0 aromatic heterocycles. The summed E-state index contributed by atoms with van der Waals surface area (Å²) in [5.74, 6) is -0.800. The van der Waals surface area contributed by atoms with Gasteiger partial charge in [-0.15, -0.1) is 0 Å². The molecule has 0 heterocycles. The largest absolute Gasteiger partial charge is 0.488 e. The first-order valence-electron chi connectivity index (χ1n) is 4.25. The zero-order valence-corrected chi connectivity index (χ0v) is 8.04. The fourth-order valence-corrected chi connectivity index (χ4v) is 1.13. The van der Waals surface area contributed by atoms with E-state index in [2.05, 4.69) is 0 Å². The SMILES string of the molecule is Cc1cc(OCC(F)F)ccc1C(=O)O. The van der Waals surface area contributed by atoms with Crippen molar-refractivity contribution in [2.75, 3.05) is 6.61 Å². The Bertz CT molecular complexity index is 364. The molecule has 0 spiro atoms. The van der Waals surface area contributed by atoms with Gasteiger partial charge in [0, 0.05) is 0 Å². The fraction of sp³-hybridized carbons (Fsp3) is 0.300. The number of carboxylic acids is 1. The van der Waals surface area contributed by atoms with Crippen molar-refractivity contribution in [1.29, 1.82) is 0 Å². The van der Waals surface area contributed by atoms with E-state index < -0.39 is 19.0 Å². The van der Waals surface area contributed by atoms with Gasteiger partial charge >= 0.3 is 5.97 Å². The van der Waals surface area contributed by atoms with Crippen LogP contribution >= 0.6 is 0 Å². The highest BCUT2D eigenvalue weighted by molar-refractivity contribution is 5.89.